The third kappa shape index (κ3) is 3.60. The van der Waals surface area contributed by atoms with Crippen molar-refractivity contribution in [2.75, 3.05) is 25.2 Å². The van der Waals surface area contributed by atoms with Gasteiger partial charge in [-0.3, -0.25) is 9.59 Å². The summed E-state index contributed by atoms with van der Waals surface area (Å²) in [5.74, 6) is -0.731. The van der Waals surface area contributed by atoms with Gasteiger partial charge in [0.05, 0.1) is 30.1 Å². The number of urea groups is 1. The molecule has 0 aliphatic carbocycles. The summed E-state index contributed by atoms with van der Waals surface area (Å²) in [5.41, 5.74) is 1.98. The number of dihydropyridines is 1. The van der Waals surface area contributed by atoms with E-state index in [1.165, 1.54) is 34.7 Å². The van der Waals surface area contributed by atoms with Crippen LogP contribution in [0.2, 0.25) is 0 Å². The maximum atomic E-state index is 12.6. The number of amidine groups is 1. The largest absolute Gasteiger partial charge is 0.445 e. The highest BCUT2D eigenvalue weighted by atomic mass is 32.2. The number of aliphatic imine (C=N–C) groups is 1. The van der Waals surface area contributed by atoms with Crippen LogP contribution < -0.4 is 5.32 Å². The summed E-state index contributed by atoms with van der Waals surface area (Å²) in [6.07, 6.45) is 3.26. The third-order valence-corrected chi connectivity index (χ3v) is 6.69. The van der Waals surface area contributed by atoms with Crippen molar-refractivity contribution in [3.05, 3.63) is 34.7 Å². The van der Waals surface area contributed by atoms with Crippen LogP contribution in [0.25, 0.3) is 10.2 Å². The molecule has 2 aliphatic rings. The average Bonchev–Trinajstić information content (AvgIpc) is 3.09. The number of thiazole rings is 1. The maximum Gasteiger partial charge on any atom is 0.445 e. The van der Waals surface area contributed by atoms with Gasteiger partial charge in [-0.2, -0.15) is 9.48 Å². The molecule has 29 heavy (non-hydrogen) atoms. The lowest BCUT2D eigenvalue weighted by atomic mass is 10.0. The zero-order valence-electron chi connectivity index (χ0n) is 16.0. The molecule has 1 atom stereocenters. The Balaban J connectivity index is 1.46. The third-order valence-electron chi connectivity index (χ3n) is 4.64. The molecule has 8 nitrogen and oxygen atoms in total. The molecule has 148 valence electrons. The number of imide groups is 1. The molecule has 1 aromatic heterocycles. The summed E-state index contributed by atoms with van der Waals surface area (Å²) in [6, 6.07) is 5.52. The first kappa shape index (κ1) is 19.5. The average molecular weight is 429 g/mol. The van der Waals surface area contributed by atoms with Crippen molar-refractivity contribution >= 4 is 68.3 Å². The van der Waals surface area contributed by atoms with Gasteiger partial charge in [-0.1, -0.05) is 17.4 Å². The van der Waals surface area contributed by atoms with E-state index in [0.29, 0.717) is 15.9 Å². The number of carbonyl (C=O) groups excluding carboxylic acids is 3. The van der Waals surface area contributed by atoms with Crippen LogP contribution in [-0.2, 0) is 9.59 Å². The molecule has 4 amide bonds. The van der Waals surface area contributed by atoms with Crippen LogP contribution in [0.1, 0.15) is 5.56 Å². The van der Waals surface area contributed by atoms with Gasteiger partial charge in [-0.15, -0.1) is 16.8 Å². The predicted molar refractivity (Wildman–Crippen MR) is 115 cm³/mol. The Kier molecular flexibility index (Phi) is 5.05. The van der Waals surface area contributed by atoms with Crippen LogP contribution in [0, 0.1) is 12.8 Å². The number of carbonyl (C=O) groups is 3. The van der Waals surface area contributed by atoms with E-state index in [9.17, 15) is 14.4 Å². The van der Waals surface area contributed by atoms with Gasteiger partial charge >= 0.3 is 11.9 Å². The fourth-order valence-corrected chi connectivity index (χ4v) is 5.01. The number of nitrogens with zero attached hydrogens (tertiary/aromatic N) is 4. The normalized spacial score (nSPS) is 18.9. The Labute approximate surface area is 175 Å². The van der Waals surface area contributed by atoms with E-state index in [1.807, 2.05) is 25.1 Å². The second-order valence-corrected chi connectivity index (χ2v) is 8.78. The van der Waals surface area contributed by atoms with Gasteiger partial charge in [0.1, 0.15) is 6.21 Å². The Morgan fingerprint density at radius 3 is 2.97 bits per heavy atom. The van der Waals surface area contributed by atoms with Gasteiger partial charge in [0.2, 0.25) is 5.91 Å². The lowest BCUT2D eigenvalue weighted by molar-refractivity contribution is -0.407. The number of hydrogen-bond donors (Lipinski definition) is 1. The van der Waals surface area contributed by atoms with Gasteiger partial charge in [0, 0.05) is 4.91 Å². The zero-order chi connectivity index (χ0) is 20.7. The lowest BCUT2D eigenvalue weighted by Crippen LogP contribution is -2.52. The quantitative estimate of drug-likeness (QED) is 0.755. The fourth-order valence-electron chi connectivity index (χ4n) is 3.13. The number of aromatic nitrogens is 1. The molecular formula is C19H18N5O3S2+. The summed E-state index contributed by atoms with van der Waals surface area (Å²) in [4.78, 5) is 47.5. The van der Waals surface area contributed by atoms with E-state index >= 15 is 0 Å². The summed E-state index contributed by atoms with van der Waals surface area (Å²) in [5, 5.41) is 3.36. The number of amides is 4. The number of allylic oxidation sites excluding steroid dienone is 1. The smallest absolute Gasteiger partial charge is 0.301 e. The molecule has 0 bridgehead atoms. The number of rotatable bonds is 4. The number of aryl methyl sites for hydroxylation is 1. The molecule has 2 aliphatic heterocycles. The molecule has 3 heterocycles. The van der Waals surface area contributed by atoms with Crippen molar-refractivity contribution in [3.63, 3.8) is 0 Å². The van der Waals surface area contributed by atoms with Gasteiger partial charge in [-0.05, 0) is 30.7 Å². The number of anilines is 1. The summed E-state index contributed by atoms with van der Waals surface area (Å²) >= 11 is 2.68. The first-order chi connectivity index (χ1) is 13.8. The molecule has 1 N–H and O–H groups in total. The lowest BCUT2D eigenvalue weighted by Gasteiger charge is -2.26. The maximum absolute atomic E-state index is 12.6. The molecule has 0 fully saturated rings. The molecule has 0 spiro atoms. The Hall–Kier alpha value is -2.85. The van der Waals surface area contributed by atoms with Gasteiger partial charge in [0.15, 0.2) is 11.0 Å². The summed E-state index contributed by atoms with van der Waals surface area (Å²) in [6.45, 7) is 2.01. The molecule has 0 saturated carbocycles. The van der Waals surface area contributed by atoms with Gasteiger partial charge < -0.3 is 5.32 Å². The minimum Gasteiger partial charge on any atom is -0.301 e. The number of nitrogens with one attached hydrogen (secondary N) is 1. The SMILES string of the molecule is Cc1ccc2nc(NC(=O)CSC3=CC=NC4=[N+](C)C(=O)N(C)C(=O)C34)sc2c1. The molecule has 1 aromatic carbocycles. The molecule has 10 heteroatoms. The van der Waals surface area contributed by atoms with Crippen molar-refractivity contribution in [1.82, 2.24) is 9.88 Å². The highest BCUT2D eigenvalue weighted by molar-refractivity contribution is 8.03. The van der Waals surface area contributed by atoms with Crippen LogP contribution >= 0.6 is 23.1 Å². The van der Waals surface area contributed by atoms with Gasteiger partial charge in [-0.25, -0.2) is 9.78 Å². The second kappa shape index (κ2) is 7.53. The number of benzene rings is 1. The van der Waals surface area contributed by atoms with E-state index in [4.69, 9.17) is 0 Å². The van der Waals surface area contributed by atoms with Crippen LogP contribution in [0.5, 0.6) is 0 Å². The predicted octanol–water partition coefficient (Wildman–Crippen LogP) is 2.49. The Morgan fingerprint density at radius 2 is 2.17 bits per heavy atom. The highest BCUT2D eigenvalue weighted by Gasteiger charge is 2.47. The minimum absolute atomic E-state index is 0.118. The summed E-state index contributed by atoms with van der Waals surface area (Å²) in [7, 11) is 3.03. The molecule has 4 rings (SSSR count). The molecule has 1 unspecified atom stereocenters. The van der Waals surface area contributed by atoms with Crippen molar-refractivity contribution in [1.29, 1.82) is 0 Å². The Bertz CT molecular complexity index is 1150. The monoisotopic (exact) mass is 428 g/mol. The van der Waals surface area contributed by atoms with Gasteiger partial charge in [0.25, 0.3) is 5.84 Å². The van der Waals surface area contributed by atoms with Crippen LogP contribution in [0.15, 0.2) is 34.2 Å². The van der Waals surface area contributed by atoms with E-state index in [1.54, 1.807) is 19.3 Å². The minimum atomic E-state index is -0.670. The molecular weight excluding hydrogens is 410 g/mol. The highest BCUT2D eigenvalue weighted by Crippen LogP contribution is 2.32. The van der Waals surface area contributed by atoms with Crippen molar-refractivity contribution in [2.24, 2.45) is 10.9 Å². The van der Waals surface area contributed by atoms with E-state index in [-0.39, 0.29) is 17.6 Å². The molecule has 2 aromatic rings. The topological polar surface area (TPSA) is 94.7 Å². The number of thioether (sulfide) groups is 1. The van der Waals surface area contributed by atoms with E-state index in [0.717, 1.165) is 20.7 Å². The second-order valence-electron chi connectivity index (χ2n) is 6.70. The van der Waals surface area contributed by atoms with Crippen molar-refractivity contribution < 1.29 is 19.0 Å². The standard InChI is InChI=1S/C19H17N5O3S2/c1-10-4-5-11-13(8-10)29-18(21-11)22-14(25)9-28-12-6-7-20-16-15(12)17(26)24(3)19(27)23(16)2/h4-8,15H,9H2,1-3H3/p+1. The van der Waals surface area contributed by atoms with Crippen molar-refractivity contribution in [2.45, 2.75) is 6.92 Å². The Morgan fingerprint density at radius 1 is 1.38 bits per heavy atom. The number of fused-ring (bicyclic) bond motifs is 2. The summed E-state index contributed by atoms with van der Waals surface area (Å²) < 4.78 is 2.38. The number of hydrogen-bond acceptors (Lipinski definition) is 7. The van der Waals surface area contributed by atoms with E-state index < -0.39 is 11.9 Å². The molecule has 0 saturated heterocycles. The first-order valence-corrected chi connectivity index (χ1v) is 10.6. The first-order valence-electron chi connectivity index (χ1n) is 8.81. The van der Waals surface area contributed by atoms with Crippen LogP contribution in [0.4, 0.5) is 9.93 Å². The van der Waals surface area contributed by atoms with E-state index in [2.05, 4.69) is 15.3 Å². The zero-order valence-corrected chi connectivity index (χ0v) is 17.6. The van der Waals surface area contributed by atoms with Crippen molar-refractivity contribution in [3.8, 4) is 0 Å². The van der Waals surface area contributed by atoms with Crippen LogP contribution in [-0.4, -0.2) is 64.2 Å². The fraction of sp³-hybridized carbons (Fsp3) is 0.263. The molecule has 0 radical (unpaired) electrons. The van der Waals surface area contributed by atoms with Crippen LogP contribution in [0.3, 0.4) is 0 Å².